The van der Waals surface area contributed by atoms with E-state index in [4.69, 9.17) is 0 Å². The molecule has 0 spiro atoms. The highest BCUT2D eigenvalue weighted by molar-refractivity contribution is 8.00. The first-order chi connectivity index (χ1) is 24.5. The number of unbranched alkanes of at least 4 members (excludes halogenated alkanes) is 1. The number of fused-ring (bicyclic) bond motifs is 1. The van der Waals surface area contributed by atoms with Crippen LogP contribution in [0.3, 0.4) is 0 Å². The lowest BCUT2D eigenvalue weighted by molar-refractivity contribution is -0.116. The van der Waals surface area contributed by atoms with Gasteiger partial charge in [-0.2, -0.15) is 11.8 Å². The van der Waals surface area contributed by atoms with Crippen molar-refractivity contribution >= 4 is 29.4 Å². The summed E-state index contributed by atoms with van der Waals surface area (Å²) in [7, 11) is 0. The molecular formula is C37H45N9O3S. The van der Waals surface area contributed by atoms with Gasteiger partial charge in [-0.3, -0.25) is 34.5 Å². The Balaban J connectivity index is 1.04. The molecule has 0 radical (unpaired) electrons. The molecule has 0 bridgehead atoms. The minimum absolute atomic E-state index is 0.0309. The Labute approximate surface area is 297 Å². The maximum atomic E-state index is 12.8. The lowest BCUT2D eigenvalue weighted by atomic mass is 10.0. The smallest absolute Gasteiger partial charge is 0.315 e. The summed E-state index contributed by atoms with van der Waals surface area (Å²) >= 11 is 1.90. The van der Waals surface area contributed by atoms with Gasteiger partial charge in [-0.25, -0.2) is 4.79 Å². The average molecular weight is 696 g/mol. The minimum atomic E-state index is -0.677. The molecule has 4 atom stereocenters. The molecule has 50 heavy (non-hydrogen) atoms. The third-order valence-corrected chi connectivity index (χ3v) is 10.3. The zero-order valence-corrected chi connectivity index (χ0v) is 28.9. The Kier molecular flexibility index (Phi) is 12.7. The fraction of sp³-hybridized carbons (Fsp3) is 0.405. The summed E-state index contributed by atoms with van der Waals surface area (Å²) in [6.07, 6.45) is 9.48. The fourth-order valence-electron chi connectivity index (χ4n) is 6.56. The molecule has 0 aromatic carbocycles. The number of thioether (sulfide) groups is 1. The molecule has 0 aliphatic carbocycles. The molecule has 13 heteroatoms. The van der Waals surface area contributed by atoms with E-state index in [9.17, 15) is 14.7 Å². The Morgan fingerprint density at radius 2 is 1.38 bits per heavy atom. The zero-order chi connectivity index (χ0) is 34.5. The topological polar surface area (TPSA) is 148 Å². The van der Waals surface area contributed by atoms with E-state index in [1.54, 1.807) is 30.9 Å². The monoisotopic (exact) mass is 695 g/mol. The quantitative estimate of drug-likeness (QED) is 0.0890. The van der Waals surface area contributed by atoms with Crippen LogP contribution in [0.4, 0.5) is 10.5 Å². The van der Waals surface area contributed by atoms with Crippen molar-refractivity contribution in [1.82, 2.24) is 40.4 Å². The molecule has 6 rings (SSSR count). The first-order valence-corrected chi connectivity index (χ1v) is 18.3. The van der Waals surface area contributed by atoms with Gasteiger partial charge in [0.1, 0.15) is 0 Å². The Morgan fingerprint density at radius 3 is 1.96 bits per heavy atom. The van der Waals surface area contributed by atoms with E-state index in [-0.39, 0.29) is 24.0 Å². The number of hydrogen-bond acceptors (Lipinski definition) is 10. The Bertz CT molecular complexity index is 1610. The van der Waals surface area contributed by atoms with Crippen LogP contribution in [0.2, 0.25) is 0 Å². The van der Waals surface area contributed by atoms with Crippen molar-refractivity contribution in [3.8, 4) is 0 Å². The SMILES string of the molecule is O=C(CCCCC1SC[C@@H]2NC(=O)N[C@H]12)Nc1ccnc(CN(Cc2ccccn2)CC(O)CN(Cc2ccccn2)Cc2ccccn2)c1. The molecule has 2 aliphatic rings. The summed E-state index contributed by atoms with van der Waals surface area (Å²) in [4.78, 5) is 46.9. The maximum absolute atomic E-state index is 12.8. The summed E-state index contributed by atoms with van der Waals surface area (Å²) in [5.74, 6) is 0.907. The number of nitrogens with one attached hydrogen (secondary N) is 3. The van der Waals surface area contributed by atoms with Gasteiger partial charge in [0.25, 0.3) is 0 Å². The second kappa shape index (κ2) is 18.0. The molecule has 2 fully saturated rings. The highest BCUT2D eigenvalue weighted by Gasteiger charge is 2.42. The van der Waals surface area contributed by atoms with Gasteiger partial charge in [-0.05, 0) is 61.4 Å². The van der Waals surface area contributed by atoms with Crippen LogP contribution in [-0.4, -0.2) is 89.1 Å². The van der Waals surface area contributed by atoms with E-state index in [2.05, 4.69) is 45.7 Å². The van der Waals surface area contributed by atoms with Crippen LogP contribution in [0.5, 0.6) is 0 Å². The molecule has 2 saturated heterocycles. The number of pyridine rings is 4. The number of urea groups is 1. The van der Waals surface area contributed by atoms with Gasteiger partial charge in [0.05, 0.1) is 41.0 Å². The molecule has 0 saturated carbocycles. The van der Waals surface area contributed by atoms with Crippen molar-refractivity contribution in [2.75, 3.05) is 24.2 Å². The third-order valence-electron chi connectivity index (χ3n) is 8.84. The molecule has 2 unspecified atom stereocenters. The number of carbonyl (C=O) groups excluding carboxylic acids is 2. The van der Waals surface area contributed by atoms with Crippen molar-refractivity contribution in [3.05, 3.63) is 114 Å². The first-order valence-electron chi connectivity index (χ1n) is 17.2. The van der Waals surface area contributed by atoms with Crippen molar-refractivity contribution in [2.45, 2.75) is 75.3 Å². The van der Waals surface area contributed by atoms with Crippen LogP contribution >= 0.6 is 11.8 Å². The highest BCUT2D eigenvalue weighted by Crippen LogP contribution is 2.33. The highest BCUT2D eigenvalue weighted by atomic mass is 32.2. The maximum Gasteiger partial charge on any atom is 0.315 e. The van der Waals surface area contributed by atoms with Gasteiger partial charge in [0, 0.05) is 87.2 Å². The number of anilines is 1. The zero-order valence-electron chi connectivity index (χ0n) is 28.1. The van der Waals surface area contributed by atoms with E-state index in [0.29, 0.717) is 56.6 Å². The van der Waals surface area contributed by atoms with Crippen molar-refractivity contribution in [1.29, 1.82) is 0 Å². The lowest BCUT2D eigenvalue weighted by Crippen LogP contribution is -2.40. The van der Waals surface area contributed by atoms with Crippen LogP contribution in [0.1, 0.15) is 48.5 Å². The standard InChI is InChI=1S/C37H45N9O3S/c47-32(24-45(20-28-9-3-6-15-38-28)21-29-10-4-7-16-39-29)25-46(22-30-11-5-8-17-40-30)23-31-19-27(14-18-41-31)42-35(48)13-2-1-12-34-36-33(26-50-34)43-37(49)44-36/h3-11,14-19,32-34,36,47H,1-2,12-13,20-26H2,(H,41,42,48)(H2,43,44,49)/t32?,33-,34?,36-/m0/s1. The fourth-order valence-corrected chi connectivity index (χ4v) is 8.10. The summed E-state index contributed by atoms with van der Waals surface area (Å²) in [6, 6.07) is 21.6. The van der Waals surface area contributed by atoms with Crippen LogP contribution in [0, 0.1) is 0 Å². The second-order valence-electron chi connectivity index (χ2n) is 12.9. The Morgan fingerprint density at radius 1 is 0.800 bits per heavy atom. The van der Waals surface area contributed by atoms with Gasteiger partial charge < -0.3 is 21.1 Å². The molecular weight excluding hydrogens is 651 g/mol. The normalized spacial score (nSPS) is 18.9. The van der Waals surface area contributed by atoms with Gasteiger partial charge in [0.15, 0.2) is 0 Å². The Hall–Kier alpha value is -4.43. The molecule has 4 N–H and O–H groups in total. The van der Waals surface area contributed by atoms with Gasteiger partial charge in [0.2, 0.25) is 5.91 Å². The predicted molar refractivity (Wildman–Crippen MR) is 194 cm³/mol. The van der Waals surface area contributed by atoms with Gasteiger partial charge in [-0.15, -0.1) is 0 Å². The van der Waals surface area contributed by atoms with Crippen LogP contribution < -0.4 is 16.0 Å². The molecule has 12 nitrogen and oxygen atoms in total. The number of carbonyl (C=O) groups is 2. The first kappa shape index (κ1) is 35.4. The minimum Gasteiger partial charge on any atom is -0.390 e. The third kappa shape index (κ3) is 10.8. The van der Waals surface area contributed by atoms with E-state index in [1.807, 2.05) is 72.4 Å². The van der Waals surface area contributed by atoms with E-state index >= 15 is 0 Å². The molecule has 6 heterocycles. The van der Waals surface area contributed by atoms with Crippen LogP contribution in [0.15, 0.2) is 91.5 Å². The van der Waals surface area contributed by atoms with Crippen molar-refractivity contribution < 1.29 is 14.7 Å². The second-order valence-corrected chi connectivity index (χ2v) is 14.2. The number of aliphatic hydroxyl groups is 1. The van der Waals surface area contributed by atoms with Gasteiger partial charge >= 0.3 is 6.03 Å². The van der Waals surface area contributed by atoms with E-state index in [1.165, 1.54) is 0 Å². The predicted octanol–water partition coefficient (Wildman–Crippen LogP) is 4.00. The summed E-state index contributed by atoms with van der Waals surface area (Å²) < 4.78 is 0. The molecule has 3 amide bonds. The number of aromatic nitrogens is 4. The summed E-state index contributed by atoms with van der Waals surface area (Å²) in [6.45, 7) is 2.95. The summed E-state index contributed by atoms with van der Waals surface area (Å²) in [5.41, 5.74) is 4.22. The van der Waals surface area contributed by atoms with Crippen LogP contribution in [-0.2, 0) is 31.0 Å². The number of hydrogen-bond donors (Lipinski definition) is 4. The van der Waals surface area contributed by atoms with Crippen molar-refractivity contribution in [3.63, 3.8) is 0 Å². The van der Waals surface area contributed by atoms with E-state index < -0.39 is 6.10 Å². The van der Waals surface area contributed by atoms with Crippen molar-refractivity contribution in [2.24, 2.45) is 0 Å². The largest absolute Gasteiger partial charge is 0.390 e. The average Bonchev–Trinajstić information content (AvgIpc) is 3.67. The van der Waals surface area contributed by atoms with Gasteiger partial charge in [-0.1, -0.05) is 24.6 Å². The lowest BCUT2D eigenvalue weighted by Gasteiger charge is -2.29. The number of aliphatic hydroxyl groups excluding tert-OH is 1. The summed E-state index contributed by atoms with van der Waals surface area (Å²) in [5, 5.41) is 20.9. The molecule has 2 aliphatic heterocycles. The molecule has 4 aromatic heterocycles. The number of rotatable bonds is 18. The van der Waals surface area contributed by atoms with E-state index in [0.717, 1.165) is 47.8 Å². The molecule has 4 aromatic rings. The number of nitrogens with zero attached hydrogens (tertiary/aromatic N) is 6. The number of amides is 3. The molecule has 262 valence electrons. The van der Waals surface area contributed by atoms with Crippen LogP contribution in [0.25, 0.3) is 0 Å².